The summed E-state index contributed by atoms with van der Waals surface area (Å²) in [5.41, 5.74) is 4.64. The van der Waals surface area contributed by atoms with E-state index < -0.39 is 0 Å². The summed E-state index contributed by atoms with van der Waals surface area (Å²) in [5.74, 6) is 0.805. The van der Waals surface area contributed by atoms with Crippen LogP contribution in [0.25, 0.3) is 0 Å². The molecule has 2 amide bonds. The predicted octanol–water partition coefficient (Wildman–Crippen LogP) is 3.84. The van der Waals surface area contributed by atoms with Crippen LogP contribution < -0.4 is 15.4 Å². The number of urea groups is 1. The van der Waals surface area contributed by atoms with Crippen molar-refractivity contribution in [1.82, 2.24) is 10.6 Å². The van der Waals surface area contributed by atoms with Crippen molar-refractivity contribution in [3.05, 3.63) is 77.0 Å². The van der Waals surface area contributed by atoms with E-state index in [1.165, 1.54) is 0 Å². The summed E-state index contributed by atoms with van der Waals surface area (Å²) in [5, 5.41) is 10.2. The van der Waals surface area contributed by atoms with Crippen molar-refractivity contribution in [3.8, 4) is 5.75 Å². The summed E-state index contributed by atoms with van der Waals surface area (Å²) in [6, 6.07) is 17.2. The van der Waals surface area contributed by atoms with Gasteiger partial charge in [0.1, 0.15) is 5.75 Å². The largest absolute Gasteiger partial charge is 0.497 e. The number of nitrogens with zero attached hydrogens (tertiary/aromatic N) is 1. The number of oxime groups is 1. The standard InChI is InChI=1S/C21H21N3O3/c1-13-19(20(23-21(25)22-13)15-6-4-3-5-7-15)17-12-18(27-24-17)14-8-10-16(26-2)11-9-14/h3-11,18,20H,12H2,1-2H3,(H2,22,23,25). The van der Waals surface area contributed by atoms with Gasteiger partial charge in [0, 0.05) is 17.7 Å². The summed E-state index contributed by atoms with van der Waals surface area (Å²) in [4.78, 5) is 17.7. The minimum Gasteiger partial charge on any atom is -0.497 e. The lowest BCUT2D eigenvalue weighted by Gasteiger charge is -2.29. The first kappa shape index (κ1) is 17.1. The number of rotatable bonds is 4. The fraction of sp³-hybridized carbons (Fsp3) is 0.238. The summed E-state index contributed by atoms with van der Waals surface area (Å²) in [7, 11) is 1.64. The molecule has 6 nitrogen and oxygen atoms in total. The maximum atomic E-state index is 12.0. The van der Waals surface area contributed by atoms with E-state index in [-0.39, 0.29) is 18.2 Å². The SMILES string of the molecule is COc1ccc(C2CC(C3=C(C)NC(=O)NC3c3ccccc3)=NO2)cc1. The molecule has 4 rings (SSSR count). The number of amides is 2. The number of hydrogen-bond acceptors (Lipinski definition) is 4. The summed E-state index contributed by atoms with van der Waals surface area (Å²) >= 11 is 0. The zero-order chi connectivity index (χ0) is 18.8. The minimum absolute atomic E-state index is 0.153. The summed E-state index contributed by atoms with van der Waals surface area (Å²) < 4.78 is 5.21. The quantitative estimate of drug-likeness (QED) is 0.867. The molecule has 0 spiro atoms. The highest BCUT2D eigenvalue weighted by atomic mass is 16.6. The van der Waals surface area contributed by atoms with Crippen molar-refractivity contribution < 1.29 is 14.4 Å². The van der Waals surface area contributed by atoms with E-state index in [9.17, 15) is 4.79 Å². The summed E-state index contributed by atoms with van der Waals surface area (Å²) in [6.45, 7) is 1.90. The third-order valence-electron chi connectivity index (χ3n) is 4.87. The highest BCUT2D eigenvalue weighted by Crippen LogP contribution is 2.36. The molecule has 2 atom stereocenters. The van der Waals surface area contributed by atoms with Gasteiger partial charge < -0.3 is 20.2 Å². The van der Waals surface area contributed by atoms with Gasteiger partial charge in [-0.15, -0.1) is 0 Å². The van der Waals surface area contributed by atoms with E-state index in [4.69, 9.17) is 9.57 Å². The number of carbonyl (C=O) groups is 1. The Morgan fingerprint density at radius 3 is 2.52 bits per heavy atom. The smallest absolute Gasteiger partial charge is 0.319 e. The molecule has 0 fully saturated rings. The Morgan fingerprint density at radius 2 is 1.81 bits per heavy atom. The molecule has 2 aliphatic rings. The first-order valence-electron chi connectivity index (χ1n) is 8.86. The predicted molar refractivity (Wildman–Crippen MR) is 102 cm³/mol. The van der Waals surface area contributed by atoms with E-state index >= 15 is 0 Å². The Labute approximate surface area is 157 Å². The normalized spacial score (nSPS) is 21.9. The second-order valence-corrected chi connectivity index (χ2v) is 6.59. The molecule has 2 aliphatic heterocycles. The molecule has 138 valence electrons. The van der Waals surface area contributed by atoms with E-state index in [0.717, 1.165) is 33.9 Å². The third kappa shape index (κ3) is 3.38. The van der Waals surface area contributed by atoms with E-state index in [0.29, 0.717) is 6.42 Å². The average molecular weight is 363 g/mol. The molecule has 2 unspecified atom stereocenters. The molecule has 2 aromatic carbocycles. The zero-order valence-corrected chi connectivity index (χ0v) is 15.2. The topological polar surface area (TPSA) is 72.0 Å². The van der Waals surface area contributed by atoms with Crippen LogP contribution in [0.3, 0.4) is 0 Å². The lowest BCUT2D eigenvalue weighted by Crippen LogP contribution is -2.44. The van der Waals surface area contributed by atoms with Gasteiger partial charge in [0.2, 0.25) is 0 Å². The Morgan fingerprint density at radius 1 is 1.07 bits per heavy atom. The molecule has 0 aliphatic carbocycles. The number of nitrogens with one attached hydrogen (secondary N) is 2. The van der Waals surface area contributed by atoms with Crippen LogP contribution in [0.15, 0.2) is 71.0 Å². The first-order chi connectivity index (χ1) is 13.2. The Bertz CT molecular complexity index is 904. The number of allylic oxidation sites excluding steroid dienone is 1. The number of hydrogen-bond donors (Lipinski definition) is 2. The van der Waals surface area contributed by atoms with Gasteiger partial charge in [-0.3, -0.25) is 0 Å². The molecule has 0 radical (unpaired) electrons. The Kier molecular flexibility index (Phi) is 4.54. The highest BCUT2D eigenvalue weighted by Gasteiger charge is 2.34. The number of ether oxygens (including phenoxy) is 1. The van der Waals surface area contributed by atoms with E-state index in [1.54, 1.807) is 7.11 Å². The lowest BCUT2D eigenvalue weighted by atomic mass is 9.89. The van der Waals surface area contributed by atoms with Gasteiger partial charge in [-0.2, -0.15) is 0 Å². The molecular formula is C21H21N3O3. The van der Waals surface area contributed by atoms with Crippen molar-refractivity contribution in [1.29, 1.82) is 0 Å². The second kappa shape index (κ2) is 7.15. The highest BCUT2D eigenvalue weighted by molar-refractivity contribution is 6.04. The number of carbonyl (C=O) groups excluding carboxylic acids is 1. The molecule has 0 aromatic heterocycles. The van der Waals surface area contributed by atoms with E-state index in [1.807, 2.05) is 61.5 Å². The maximum absolute atomic E-state index is 12.0. The molecule has 0 bridgehead atoms. The monoisotopic (exact) mass is 363 g/mol. The van der Waals surface area contributed by atoms with Crippen LogP contribution in [0.4, 0.5) is 4.79 Å². The van der Waals surface area contributed by atoms with Gasteiger partial charge in [-0.25, -0.2) is 4.79 Å². The van der Waals surface area contributed by atoms with E-state index in [2.05, 4.69) is 15.8 Å². The van der Waals surface area contributed by atoms with Crippen molar-refractivity contribution in [2.24, 2.45) is 5.16 Å². The fourth-order valence-corrected chi connectivity index (χ4v) is 3.51. The van der Waals surface area contributed by atoms with Crippen LogP contribution in [0.5, 0.6) is 5.75 Å². The number of benzene rings is 2. The molecule has 2 N–H and O–H groups in total. The van der Waals surface area contributed by atoms with Crippen LogP contribution in [-0.2, 0) is 4.84 Å². The first-order valence-corrected chi connectivity index (χ1v) is 8.86. The van der Waals surface area contributed by atoms with Crippen LogP contribution in [-0.4, -0.2) is 18.9 Å². The minimum atomic E-state index is -0.253. The molecule has 2 aromatic rings. The van der Waals surface area contributed by atoms with Crippen molar-refractivity contribution >= 4 is 11.7 Å². The third-order valence-corrected chi connectivity index (χ3v) is 4.87. The van der Waals surface area contributed by atoms with Crippen molar-refractivity contribution in [2.75, 3.05) is 7.11 Å². The van der Waals surface area contributed by atoms with Gasteiger partial charge in [-0.05, 0) is 30.2 Å². The van der Waals surface area contributed by atoms with Gasteiger partial charge in [0.05, 0.1) is 18.9 Å². The van der Waals surface area contributed by atoms with Crippen molar-refractivity contribution in [3.63, 3.8) is 0 Å². The van der Waals surface area contributed by atoms with Crippen molar-refractivity contribution in [2.45, 2.75) is 25.5 Å². The second-order valence-electron chi connectivity index (χ2n) is 6.59. The van der Waals surface area contributed by atoms with Gasteiger partial charge >= 0.3 is 6.03 Å². The molecule has 27 heavy (non-hydrogen) atoms. The van der Waals surface area contributed by atoms with Crippen LogP contribution in [0, 0.1) is 0 Å². The molecule has 2 heterocycles. The average Bonchev–Trinajstić information content (AvgIpc) is 3.18. The molecule has 6 heteroatoms. The van der Waals surface area contributed by atoms with Gasteiger partial charge in [-0.1, -0.05) is 47.6 Å². The fourth-order valence-electron chi connectivity index (χ4n) is 3.51. The molecule has 0 saturated carbocycles. The Balaban J connectivity index is 1.60. The number of methoxy groups -OCH3 is 1. The molecular weight excluding hydrogens is 342 g/mol. The zero-order valence-electron chi connectivity index (χ0n) is 15.2. The van der Waals surface area contributed by atoms with Crippen LogP contribution in [0.2, 0.25) is 0 Å². The Hall–Kier alpha value is -3.28. The van der Waals surface area contributed by atoms with Gasteiger partial charge in [0.25, 0.3) is 0 Å². The molecule has 0 saturated heterocycles. The van der Waals surface area contributed by atoms with Crippen LogP contribution in [0.1, 0.15) is 36.6 Å². The lowest BCUT2D eigenvalue weighted by molar-refractivity contribution is 0.0857. The van der Waals surface area contributed by atoms with Gasteiger partial charge in [0.15, 0.2) is 6.10 Å². The maximum Gasteiger partial charge on any atom is 0.319 e. The van der Waals surface area contributed by atoms with Crippen LogP contribution >= 0.6 is 0 Å². The summed E-state index contributed by atoms with van der Waals surface area (Å²) in [6.07, 6.45) is 0.486.